The molecule has 2 rings (SSSR count). The minimum absolute atomic E-state index is 0.0212. The number of carboxylic acid groups (broad SMARTS) is 1. The van der Waals surface area contributed by atoms with Gasteiger partial charge < -0.3 is 19.7 Å². The van der Waals surface area contributed by atoms with Crippen molar-refractivity contribution in [2.45, 2.75) is 18.8 Å². The molecule has 1 unspecified atom stereocenters. The number of amides is 1. The molecule has 0 aliphatic carbocycles. The summed E-state index contributed by atoms with van der Waals surface area (Å²) in [6.07, 6.45) is -1.55. The van der Waals surface area contributed by atoms with Crippen molar-refractivity contribution < 1.29 is 32.6 Å². The summed E-state index contributed by atoms with van der Waals surface area (Å²) in [5, 5.41) is 9.99. The van der Waals surface area contributed by atoms with Gasteiger partial charge in [0.15, 0.2) is 0 Å². The summed E-state index contributed by atoms with van der Waals surface area (Å²) in [6.45, 7) is 2.62. The van der Waals surface area contributed by atoms with Crippen LogP contribution in [0.5, 0.6) is 0 Å². The number of carbonyl (C=O) groups excluding carboxylic acids is 1. The molecule has 11 heteroatoms. The van der Waals surface area contributed by atoms with E-state index < -0.39 is 12.1 Å². The zero-order valence-corrected chi connectivity index (χ0v) is 13.2. The average molecular weight is 352 g/mol. The number of nitrogens with one attached hydrogen (secondary N) is 1. The molecule has 0 aromatic carbocycles. The number of hydrogen-bond acceptors (Lipinski definition) is 5. The summed E-state index contributed by atoms with van der Waals surface area (Å²) in [5.41, 5.74) is 1.07. The van der Waals surface area contributed by atoms with Gasteiger partial charge in [0.2, 0.25) is 5.91 Å². The van der Waals surface area contributed by atoms with Gasteiger partial charge in [0.1, 0.15) is 6.04 Å². The molecule has 2 N–H and O–H groups in total. The van der Waals surface area contributed by atoms with Crippen LogP contribution in [-0.4, -0.2) is 71.5 Å². The quantitative estimate of drug-likeness (QED) is 0.755. The van der Waals surface area contributed by atoms with E-state index in [1.807, 2.05) is 17.8 Å². The van der Waals surface area contributed by atoms with Crippen LogP contribution in [-0.2, 0) is 20.9 Å². The third-order valence-electron chi connectivity index (χ3n) is 3.15. The Kier molecular flexibility index (Phi) is 7.17. The fourth-order valence-electron chi connectivity index (χ4n) is 2.06. The van der Waals surface area contributed by atoms with Gasteiger partial charge in [-0.15, -0.1) is 0 Å². The Hall–Kier alpha value is -2.14. The highest BCUT2D eigenvalue weighted by Crippen LogP contribution is 2.19. The van der Waals surface area contributed by atoms with Crippen LogP contribution in [0, 0.1) is 0 Å². The van der Waals surface area contributed by atoms with E-state index in [9.17, 15) is 18.0 Å². The molecule has 0 spiro atoms. The lowest BCUT2D eigenvalue weighted by atomic mass is 10.2. The molecular formula is C13H19F3N4O4. The Morgan fingerprint density at radius 2 is 2.12 bits per heavy atom. The number of aromatic nitrogens is 2. The number of fused-ring (bicyclic) bond motifs is 1. The molecule has 1 aromatic rings. The van der Waals surface area contributed by atoms with Crippen LogP contribution in [0.15, 0.2) is 12.5 Å². The molecule has 1 amide bonds. The zero-order chi connectivity index (χ0) is 18.3. The molecule has 0 radical (unpaired) electrons. The third kappa shape index (κ3) is 5.81. The molecule has 24 heavy (non-hydrogen) atoms. The first kappa shape index (κ1) is 19.9. The Balaban J connectivity index is 0.000000351. The van der Waals surface area contributed by atoms with Gasteiger partial charge in [-0.1, -0.05) is 0 Å². The standard InChI is InChI=1S/C11H18N4O2.C2HF3O2/c1-14-6-9-5-12-8-15(9)10(7-14)11(16)13-3-4-17-2;3-2(4,5)1(6)7/h5,8,10H,3-4,6-7H2,1-2H3,(H,13,16);(H,6,7). The number of rotatable bonds is 4. The van der Waals surface area contributed by atoms with Crippen molar-refractivity contribution in [3.63, 3.8) is 0 Å². The molecule has 1 aromatic heterocycles. The number of alkyl halides is 3. The number of likely N-dealkylation sites (N-methyl/N-ethyl adjacent to an activating group) is 1. The van der Waals surface area contributed by atoms with Crippen LogP contribution < -0.4 is 5.32 Å². The van der Waals surface area contributed by atoms with Crippen LogP contribution in [0.25, 0.3) is 0 Å². The topological polar surface area (TPSA) is 96.7 Å². The van der Waals surface area contributed by atoms with E-state index in [0.29, 0.717) is 19.7 Å². The average Bonchev–Trinajstić information content (AvgIpc) is 2.94. The second kappa shape index (κ2) is 8.64. The van der Waals surface area contributed by atoms with Crippen molar-refractivity contribution in [3.8, 4) is 0 Å². The van der Waals surface area contributed by atoms with Crippen LogP contribution in [0.4, 0.5) is 13.2 Å². The monoisotopic (exact) mass is 352 g/mol. The van der Waals surface area contributed by atoms with Gasteiger partial charge >= 0.3 is 12.1 Å². The minimum atomic E-state index is -5.08. The fraction of sp³-hybridized carbons (Fsp3) is 0.615. The van der Waals surface area contributed by atoms with Gasteiger partial charge in [0.05, 0.1) is 18.6 Å². The van der Waals surface area contributed by atoms with E-state index in [0.717, 1.165) is 12.2 Å². The van der Waals surface area contributed by atoms with E-state index in [1.54, 1.807) is 13.4 Å². The number of ether oxygens (including phenoxy) is 1. The van der Waals surface area contributed by atoms with Gasteiger partial charge in [-0.2, -0.15) is 13.2 Å². The van der Waals surface area contributed by atoms with Crippen molar-refractivity contribution in [1.82, 2.24) is 19.8 Å². The molecule has 8 nitrogen and oxygen atoms in total. The zero-order valence-electron chi connectivity index (χ0n) is 13.2. The second-order valence-electron chi connectivity index (χ2n) is 5.09. The number of carboxylic acids is 1. The molecule has 0 saturated carbocycles. The number of aliphatic carboxylic acids is 1. The highest BCUT2D eigenvalue weighted by atomic mass is 19.4. The largest absolute Gasteiger partial charge is 0.490 e. The Bertz CT molecular complexity index is 562. The fourth-order valence-corrected chi connectivity index (χ4v) is 2.06. The molecule has 0 bridgehead atoms. The van der Waals surface area contributed by atoms with Crippen LogP contribution in [0.2, 0.25) is 0 Å². The van der Waals surface area contributed by atoms with E-state index in [4.69, 9.17) is 14.6 Å². The number of carbonyl (C=O) groups is 2. The van der Waals surface area contributed by atoms with Crippen molar-refractivity contribution in [2.75, 3.05) is 33.9 Å². The third-order valence-corrected chi connectivity index (χ3v) is 3.15. The number of nitrogens with zero attached hydrogens (tertiary/aromatic N) is 3. The van der Waals surface area contributed by atoms with Crippen molar-refractivity contribution in [2.24, 2.45) is 0 Å². The molecular weight excluding hydrogens is 333 g/mol. The van der Waals surface area contributed by atoms with Crippen molar-refractivity contribution in [1.29, 1.82) is 0 Å². The molecule has 0 fully saturated rings. The lowest BCUT2D eigenvalue weighted by Crippen LogP contribution is -2.43. The summed E-state index contributed by atoms with van der Waals surface area (Å²) < 4.78 is 38.6. The van der Waals surface area contributed by atoms with Gasteiger partial charge in [-0.25, -0.2) is 9.78 Å². The van der Waals surface area contributed by atoms with E-state index in [2.05, 4.69) is 15.2 Å². The predicted molar refractivity (Wildman–Crippen MR) is 76.2 cm³/mol. The predicted octanol–water partition coefficient (Wildman–Crippen LogP) is 0.265. The molecule has 136 valence electrons. The van der Waals surface area contributed by atoms with Gasteiger partial charge in [0, 0.05) is 32.9 Å². The van der Waals surface area contributed by atoms with E-state index in [-0.39, 0.29) is 11.9 Å². The number of imidazole rings is 1. The first-order chi connectivity index (χ1) is 11.2. The highest BCUT2D eigenvalue weighted by molar-refractivity contribution is 5.80. The Labute approximate surface area is 136 Å². The number of halogens is 3. The first-order valence-corrected chi connectivity index (χ1v) is 6.92. The normalized spacial score (nSPS) is 17.5. The SMILES string of the molecule is COCCNC(=O)C1CN(C)Cc2cncn21.O=C(O)C(F)(F)F. The second-order valence-corrected chi connectivity index (χ2v) is 5.09. The van der Waals surface area contributed by atoms with E-state index in [1.165, 1.54) is 0 Å². The van der Waals surface area contributed by atoms with E-state index >= 15 is 0 Å². The van der Waals surface area contributed by atoms with Crippen molar-refractivity contribution >= 4 is 11.9 Å². The summed E-state index contributed by atoms with van der Waals surface area (Å²) >= 11 is 0. The van der Waals surface area contributed by atoms with Gasteiger partial charge in [-0.05, 0) is 7.05 Å². The van der Waals surface area contributed by atoms with Crippen LogP contribution in [0.3, 0.4) is 0 Å². The lowest BCUT2D eigenvalue weighted by molar-refractivity contribution is -0.192. The molecule has 1 aliphatic rings. The molecule has 1 aliphatic heterocycles. The lowest BCUT2D eigenvalue weighted by Gasteiger charge is -2.31. The smallest absolute Gasteiger partial charge is 0.475 e. The van der Waals surface area contributed by atoms with Crippen LogP contribution >= 0.6 is 0 Å². The number of hydrogen-bond donors (Lipinski definition) is 2. The maximum absolute atomic E-state index is 12.0. The summed E-state index contributed by atoms with van der Waals surface area (Å²) in [6, 6.07) is -0.192. The van der Waals surface area contributed by atoms with Gasteiger partial charge in [-0.3, -0.25) is 9.69 Å². The van der Waals surface area contributed by atoms with Gasteiger partial charge in [0.25, 0.3) is 0 Å². The summed E-state index contributed by atoms with van der Waals surface area (Å²) in [7, 11) is 3.63. The summed E-state index contributed by atoms with van der Waals surface area (Å²) in [4.78, 5) is 27.2. The first-order valence-electron chi connectivity index (χ1n) is 6.92. The molecule has 1 atom stereocenters. The minimum Gasteiger partial charge on any atom is -0.475 e. The Morgan fingerprint density at radius 3 is 2.67 bits per heavy atom. The number of methoxy groups -OCH3 is 1. The maximum atomic E-state index is 12.0. The molecule has 0 saturated heterocycles. The van der Waals surface area contributed by atoms with Crippen molar-refractivity contribution in [3.05, 3.63) is 18.2 Å². The van der Waals surface area contributed by atoms with Crippen LogP contribution in [0.1, 0.15) is 11.7 Å². The highest BCUT2D eigenvalue weighted by Gasteiger charge is 2.38. The summed E-state index contributed by atoms with van der Waals surface area (Å²) in [5.74, 6) is -2.74. The molecule has 2 heterocycles. The maximum Gasteiger partial charge on any atom is 0.490 e. The Morgan fingerprint density at radius 1 is 1.50 bits per heavy atom.